The fourth-order valence-electron chi connectivity index (χ4n) is 1.86. The van der Waals surface area contributed by atoms with Crippen LogP contribution in [0.2, 0.25) is 0 Å². The van der Waals surface area contributed by atoms with Crippen molar-refractivity contribution < 1.29 is 5.21 Å². The second-order valence-corrected chi connectivity index (χ2v) is 4.21. The van der Waals surface area contributed by atoms with Gasteiger partial charge in [0, 0.05) is 12.2 Å². The standard InChI is InChI=1S/C16H17N3O/c1-2-13-18(14-9-5-3-6-10-14)16(17)19(20)15-11-7-4-8-12-15/h2-12,17,20H,1,13H2. The van der Waals surface area contributed by atoms with Crippen molar-refractivity contribution in [3.05, 3.63) is 73.3 Å². The molecule has 0 amide bonds. The summed E-state index contributed by atoms with van der Waals surface area (Å²) in [6.45, 7) is 4.14. The minimum atomic E-state index is -0.0256. The lowest BCUT2D eigenvalue weighted by atomic mass is 10.3. The van der Waals surface area contributed by atoms with Gasteiger partial charge in [0.25, 0.3) is 0 Å². The molecular weight excluding hydrogens is 250 g/mol. The van der Waals surface area contributed by atoms with E-state index in [9.17, 15) is 5.21 Å². The van der Waals surface area contributed by atoms with Gasteiger partial charge in [-0.3, -0.25) is 10.6 Å². The summed E-state index contributed by atoms with van der Waals surface area (Å²) in [6, 6.07) is 18.4. The Hall–Kier alpha value is -2.59. The van der Waals surface area contributed by atoms with Crippen molar-refractivity contribution in [3.8, 4) is 0 Å². The van der Waals surface area contributed by atoms with Gasteiger partial charge in [-0.05, 0) is 24.3 Å². The summed E-state index contributed by atoms with van der Waals surface area (Å²) in [5.41, 5.74) is 1.37. The molecule has 0 aromatic heterocycles. The van der Waals surface area contributed by atoms with Crippen molar-refractivity contribution >= 4 is 17.3 Å². The van der Waals surface area contributed by atoms with Gasteiger partial charge >= 0.3 is 0 Å². The molecule has 0 aliphatic carbocycles. The Labute approximate surface area is 118 Å². The molecule has 2 aromatic carbocycles. The monoisotopic (exact) mass is 267 g/mol. The van der Waals surface area contributed by atoms with Gasteiger partial charge in [-0.25, -0.2) is 0 Å². The Balaban J connectivity index is 2.26. The van der Waals surface area contributed by atoms with E-state index in [4.69, 9.17) is 5.41 Å². The summed E-state index contributed by atoms with van der Waals surface area (Å²) in [4.78, 5) is 1.67. The van der Waals surface area contributed by atoms with Crippen LogP contribution in [0.1, 0.15) is 0 Å². The van der Waals surface area contributed by atoms with Gasteiger partial charge in [0.2, 0.25) is 5.96 Å². The van der Waals surface area contributed by atoms with Crippen molar-refractivity contribution in [1.29, 1.82) is 5.41 Å². The van der Waals surface area contributed by atoms with Crippen LogP contribution >= 0.6 is 0 Å². The van der Waals surface area contributed by atoms with Crippen LogP contribution in [0.15, 0.2) is 73.3 Å². The van der Waals surface area contributed by atoms with Gasteiger partial charge in [-0.2, -0.15) is 5.06 Å². The average molecular weight is 267 g/mol. The van der Waals surface area contributed by atoms with Crippen LogP contribution in [0.3, 0.4) is 0 Å². The second kappa shape index (κ2) is 6.54. The van der Waals surface area contributed by atoms with E-state index in [0.717, 1.165) is 10.8 Å². The highest BCUT2D eigenvalue weighted by molar-refractivity contribution is 6.03. The zero-order valence-corrected chi connectivity index (χ0v) is 11.1. The Morgan fingerprint density at radius 1 is 1.00 bits per heavy atom. The second-order valence-electron chi connectivity index (χ2n) is 4.21. The predicted octanol–water partition coefficient (Wildman–Crippen LogP) is 3.51. The van der Waals surface area contributed by atoms with Gasteiger partial charge < -0.3 is 4.90 Å². The molecule has 0 saturated heterocycles. The van der Waals surface area contributed by atoms with Gasteiger partial charge in [0.1, 0.15) is 0 Å². The number of rotatable bonds is 4. The van der Waals surface area contributed by atoms with Crippen LogP contribution in [-0.2, 0) is 0 Å². The van der Waals surface area contributed by atoms with E-state index in [2.05, 4.69) is 6.58 Å². The SMILES string of the molecule is C=CCN(C(=N)N(O)c1ccccc1)c1ccccc1. The lowest BCUT2D eigenvalue weighted by Gasteiger charge is -2.28. The summed E-state index contributed by atoms with van der Waals surface area (Å²) >= 11 is 0. The summed E-state index contributed by atoms with van der Waals surface area (Å²) in [6.07, 6.45) is 1.69. The topological polar surface area (TPSA) is 50.6 Å². The molecular formula is C16H17N3O. The molecule has 0 saturated carbocycles. The van der Waals surface area contributed by atoms with Crippen LogP contribution in [0.25, 0.3) is 0 Å². The van der Waals surface area contributed by atoms with Gasteiger partial charge in [0.05, 0.1) is 5.69 Å². The average Bonchev–Trinajstić information content (AvgIpc) is 2.53. The molecule has 2 rings (SSSR count). The molecule has 0 radical (unpaired) electrons. The molecule has 0 aliphatic rings. The number of hydrogen-bond donors (Lipinski definition) is 2. The molecule has 0 unspecified atom stereocenters. The quantitative estimate of drug-likeness (QED) is 0.386. The Bertz CT molecular complexity index is 569. The first-order valence-electron chi connectivity index (χ1n) is 6.30. The number of hydroxylamine groups is 1. The van der Waals surface area contributed by atoms with Crippen molar-refractivity contribution in [3.63, 3.8) is 0 Å². The minimum Gasteiger partial charge on any atom is -0.307 e. The minimum absolute atomic E-state index is 0.0256. The van der Waals surface area contributed by atoms with Gasteiger partial charge in [-0.15, -0.1) is 6.58 Å². The molecule has 0 spiro atoms. The predicted molar refractivity (Wildman–Crippen MR) is 82.4 cm³/mol. The van der Waals surface area contributed by atoms with E-state index >= 15 is 0 Å². The van der Waals surface area contributed by atoms with Gasteiger partial charge in [-0.1, -0.05) is 42.5 Å². The summed E-state index contributed by atoms with van der Waals surface area (Å²) in [5.74, 6) is -0.0256. The maximum atomic E-state index is 10.2. The van der Waals surface area contributed by atoms with Crippen molar-refractivity contribution in [2.24, 2.45) is 0 Å². The number of para-hydroxylation sites is 2. The fourth-order valence-corrected chi connectivity index (χ4v) is 1.86. The molecule has 4 nitrogen and oxygen atoms in total. The molecule has 0 atom stereocenters. The highest BCUT2D eigenvalue weighted by Gasteiger charge is 2.17. The van der Waals surface area contributed by atoms with Crippen LogP contribution < -0.4 is 9.96 Å². The molecule has 2 aromatic rings. The number of anilines is 2. The van der Waals surface area contributed by atoms with Crippen LogP contribution in [0.4, 0.5) is 11.4 Å². The zero-order valence-electron chi connectivity index (χ0n) is 11.1. The first-order valence-corrected chi connectivity index (χ1v) is 6.30. The van der Waals surface area contributed by atoms with Crippen molar-refractivity contribution in [2.75, 3.05) is 16.5 Å². The normalized spacial score (nSPS) is 9.85. The first-order chi connectivity index (χ1) is 9.74. The maximum Gasteiger partial charge on any atom is 0.227 e. The number of nitrogens with zero attached hydrogens (tertiary/aromatic N) is 2. The number of nitrogens with one attached hydrogen (secondary N) is 1. The molecule has 2 N–H and O–H groups in total. The van der Waals surface area contributed by atoms with E-state index < -0.39 is 0 Å². The molecule has 0 heterocycles. The summed E-state index contributed by atoms with van der Waals surface area (Å²) in [5, 5.41) is 19.2. The van der Waals surface area contributed by atoms with E-state index in [0.29, 0.717) is 12.2 Å². The highest BCUT2D eigenvalue weighted by Crippen LogP contribution is 2.18. The summed E-state index contributed by atoms with van der Waals surface area (Å²) < 4.78 is 0. The molecule has 0 fully saturated rings. The van der Waals surface area contributed by atoms with Crippen LogP contribution in [0, 0.1) is 5.41 Å². The highest BCUT2D eigenvalue weighted by atomic mass is 16.5. The molecule has 0 aliphatic heterocycles. The van der Waals surface area contributed by atoms with Crippen LogP contribution in [0.5, 0.6) is 0 Å². The third-order valence-electron chi connectivity index (χ3n) is 2.84. The Morgan fingerprint density at radius 3 is 2.00 bits per heavy atom. The maximum absolute atomic E-state index is 10.2. The largest absolute Gasteiger partial charge is 0.307 e. The zero-order chi connectivity index (χ0) is 14.4. The fraction of sp³-hybridized carbons (Fsp3) is 0.0625. The first kappa shape index (κ1) is 13.8. The molecule has 4 heteroatoms. The number of benzene rings is 2. The Kier molecular flexibility index (Phi) is 4.52. The third-order valence-corrected chi connectivity index (χ3v) is 2.84. The van der Waals surface area contributed by atoms with Crippen molar-refractivity contribution in [2.45, 2.75) is 0 Å². The van der Waals surface area contributed by atoms with Crippen molar-refractivity contribution in [1.82, 2.24) is 0 Å². The van der Waals surface area contributed by atoms with Gasteiger partial charge in [0.15, 0.2) is 0 Å². The number of guanidine groups is 1. The number of hydrogen-bond acceptors (Lipinski definition) is 2. The van der Waals surface area contributed by atoms with E-state index in [-0.39, 0.29) is 5.96 Å². The summed E-state index contributed by atoms with van der Waals surface area (Å²) in [7, 11) is 0. The van der Waals surface area contributed by atoms with E-state index in [1.54, 1.807) is 23.1 Å². The molecule has 102 valence electrons. The lowest BCUT2D eigenvalue weighted by Crippen LogP contribution is -2.42. The van der Waals surface area contributed by atoms with Crippen LogP contribution in [-0.4, -0.2) is 17.7 Å². The Morgan fingerprint density at radius 2 is 1.50 bits per heavy atom. The molecule has 20 heavy (non-hydrogen) atoms. The van der Waals surface area contributed by atoms with E-state index in [1.165, 1.54) is 0 Å². The third kappa shape index (κ3) is 3.05. The smallest absolute Gasteiger partial charge is 0.227 e. The van der Waals surface area contributed by atoms with E-state index in [1.807, 2.05) is 48.5 Å². The lowest BCUT2D eigenvalue weighted by molar-refractivity contribution is 0.309. The molecule has 0 bridgehead atoms.